The monoisotopic (exact) mass is 238 g/mol. The summed E-state index contributed by atoms with van der Waals surface area (Å²) in [5.74, 6) is 1.29. The van der Waals surface area contributed by atoms with Gasteiger partial charge in [0, 0.05) is 5.56 Å². The Balaban J connectivity index is 2.49. The number of hydrogen-bond acceptors (Lipinski definition) is 4. The SMILES string of the molecule is COc1ccc(-c2nc(N)oc2C)cc1Cl. The van der Waals surface area contributed by atoms with E-state index in [2.05, 4.69) is 4.98 Å². The molecule has 0 atom stereocenters. The second-order valence-electron chi connectivity index (χ2n) is 3.31. The van der Waals surface area contributed by atoms with Crippen molar-refractivity contribution in [1.82, 2.24) is 4.98 Å². The van der Waals surface area contributed by atoms with Crippen molar-refractivity contribution in [1.29, 1.82) is 0 Å². The van der Waals surface area contributed by atoms with E-state index in [9.17, 15) is 0 Å². The zero-order valence-corrected chi connectivity index (χ0v) is 9.71. The molecule has 1 aromatic carbocycles. The molecule has 0 spiro atoms. The van der Waals surface area contributed by atoms with E-state index in [4.69, 9.17) is 26.5 Å². The number of benzene rings is 1. The first kappa shape index (κ1) is 10.8. The highest BCUT2D eigenvalue weighted by Crippen LogP contribution is 2.31. The molecule has 1 aromatic heterocycles. The van der Waals surface area contributed by atoms with Crippen molar-refractivity contribution >= 4 is 17.6 Å². The lowest BCUT2D eigenvalue weighted by Crippen LogP contribution is -1.87. The molecule has 16 heavy (non-hydrogen) atoms. The van der Waals surface area contributed by atoms with Crippen LogP contribution in [-0.4, -0.2) is 12.1 Å². The van der Waals surface area contributed by atoms with Crippen LogP contribution in [0.2, 0.25) is 5.02 Å². The maximum atomic E-state index is 6.02. The Bertz CT molecular complexity index is 523. The van der Waals surface area contributed by atoms with Crippen molar-refractivity contribution in [2.45, 2.75) is 6.92 Å². The number of nitrogen functional groups attached to an aromatic ring is 1. The molecular weight excluding hydrogens is 228 g/mol. The van der Waals surface area contributed by atoms with E-state index in [1.807, 2.05) is 6.07 Å². The summed E-state index contributed by atoms with van der Waals surface area (Å²) in [6, 6.07) is 5.56. The topological polar surface area (TPSA) is 61.3 Å². The fourth-order valence-corrected chi connectivity index (χ4v) is 1.76. The molecule has 0 aliphatic heterocycles. The third-order valence-corrected chi connectivity index (χ3v) is 2.53. The lowest BCUT2D eigenvalue weighted by molar-refractivity contribution is 0.415. The van der Waals surface area contributed by atoms with Gasteiger partial charge in [-0.1, -0.05) is 11.6 Å². The number of nitrogens with two attached hydrogens (primary N) is 1. The molecule has 0 saturated carbocycles. The summed E-state index contributed by atoms with van der Waals surface area (Å²) in [5.41, 5.74) is 7.02. The third-order valence-electron chi connectivity index (χ3n) is 2.24. The zero-order valence-electron chi connectivity index (χ0n) is 8.95. The van der Waals surface area contributed by atoms with Gasteiger partial charge in [0.05, 0.1) is 12.1 Å². The zero-order chi connectivity index (χ0) is 11.7. The highest BCUT2D eigenvalue weighted by atomic mass is 35.5. The number of aryl methyl sites for hydroxylation is 1. The van der Waals surface area contributed by atoms with Gasteiger partial charge in [-0.05, 0) is 25.1 Å². The normalized spacial score (nSPS) is 10.4. The average Bonchev–Trinajstić information content (AvgIpc) is 2.58. The van der Waals surface area contributed by atoms with E-state index < -0.39 is 0 Å². The molecule has 2 rings (SSSR count). The summed E-state index contributed by atoms with van der Waals surface area (Å²) in [7, 11) is 1.57. The van der Waals surface area contributed by atoms with Gasteiger partial charge in [-0.15, -0.1) is 0 Å². The van der Waals surface area contributed by atoms with Crippen LogP contribution in [0, 0.1) is 6.92 Å². The minimum Gasteiger partial charge on any atom is -0.495 e. The molecule has 2 N–H and O–H groups in total. The lowest BCUT2D eigenvalue weighted by Gasteiger charge is -2.04. The molecule has 0 unspecified atom stereocenters. The van der Waals surface area contributed by atoms with Gasteiger partial charge < -0.3 is 14.9 Å². The third kappa shape index (κ3) is 1.84. The highest BCUT2D eigenvalue weighted by Gasteiger charge is 2.11. The van der Waals surface area contributed by atoms with Gasteiger partial charge >= 0.3 is 0 Å². The van der Waals surface area contributed by atoms with Crippen molar-refractivity contribution in [2.24, 2.45) is 0 Å². The molecule has 0 amide bonds. The van der Waals surface area contributed by atoms with Crippen molar-refractivity contribution in [2.75, 3.05) is 12.8 Å². The number of halogens is 1. The average molecular weight is 239 g/mol. The van der Waals surface area contributed by atoms with Crippen LogP contribution in [0.5, 0.6) is 5.75 Å². The summed E-state index contributed by atoms with van der Waals surface area (Å²) in [6.07, 6.45) is 0. The van der Waals surface area contributed by atoms with E-state index in [1.54, 1.807) is 26.2 Å². The minimum atomic E-state index is 0.152. The second kappa shape index (κ2) is 4.06. The largest absolute Gasteiger partial charge is 0.495 e. The number of rotatable bonds is 2. The van der Waals surface area contributed by atoms with Crippen molar-refractivity contribution in [3.63, 3.8) is 0 Å². The highest BCUT2D eigenvalue weighted by molar-refractivity contribution is 6.32. The predicted octanol–water partition coefficient (Wildman–Crippen LogP) is 2.89. The Morgan fingerprint density at radius 3 is 2.69 bits per heavy atom. The van der Waals surface area contributed by atoms with Gasteiger partial charge in [-0.3, -0.25) is 0 Å². The van der Waals surface area contributed by atoms with Gasteiger partial charge in [0.2, 0.25) is 0 Å². The maximum Gasteiger partial charge on any atom is 0.292 e. The van der Waals surface area contributed by atoms with E-state index in [1.165, 1.54) is 0 Å². The van der Waals surface area contributed by atoms with Crippen LogP contribution in [0.1, 0.15) is 5.76 Å². The number of nitrogens with zero attached hydrogens (tertiary/aromatic N) is 1. The fourth-order valence-electron chi connectivity index (χ4n) is 1.50. The van der Waals surface area contributed by atoms with Gasteiger partial charge in [0.25, 0.3) is 6.01 Å². The molecule has 4 nitrogen and oxygen atoms in total. The first-order valence-corrected chi connectivity index (χ1v) is 5.06. The Hall–Kier alpha value is -1.68. The van der Waals surface area contributed by atoms with Crippen molar-refractivity contribution in [3.05, 3.63) is 29.0 Å². The molecule has 0 aliphatic carbocycles. The van der Waals surface area contributed by atoms with Gasteiger partial charge in [0.15, 0.2) is 0 Å². The summed E-state index contributed by atoms with van der Waals surface area (Å²) in [5, 5.41) is 0.529. The van der Waals surface area contributed by atoms with Crippen LogP contribution >= 0.6 is 11.6 Å². The number of methoxy groups -OCH3 is 1. The van der Waals surface area contributed by atoms with Crippen LogP contribution in [0.3, 0.4) is 0 Å². The number of hydrogen-bond donors (Lipinski definition) is 1. The van der Waals surface area contributed by atoms with Crippen LogP contribution in [0.15, 0.2) is 22.6 Å². The van der Waals surface area contributed by atoms with Gasteiger partial charge in [-0.25, -0.2) is 0 Å². The smallest absolute Gasteiger partial charge is 0.292 e. The Labute approximate surface area is 98.0 Å². The summed E-state index contributed by atoms with van der Waals surface area (Å²) >= 11 is 6.02. The first-order valence-electron chi connectivity index (χ1n) is 4.68. The Morgan fingerprint density at radius 1 is 1.44 bits per heavy atom. The summed E-state index contributed by atoms with van der Waals surface area (Å²) in [6.45, 7) is 1.80. The van der Waals surface area contributed by atoms with Crippen LogP contribution in [-0.2, 0) is 0 Å². The Kier molecular flexibility index (Phi) is 2.75. The molecule has 0 aliphatic rings. The summed E-state index contributed by atoms with van der Waals surface area (Å²) in [4.78, 5) is 4.09. The molecule has 1 heterocycles. The molecule has 0 fully saturated rings. The number of anilines is 1. The molecular formula is C11H11ClN2O2. The van der Waals surface area contributed by atoms with Crippen LogP contribution in [0.25, 0.3) is 11.3 Å². The molecule has 2 aromatic rings. The first-order chi connectivity index (χ1) is 7.61. The number of ether oxygens (including phenoxy) is 1. The molecule has 5 heteroatoms. The van der Waals surface area contributed by atoms with E-state index in [0.717, 1.165) is 5.56 Å². The number of oxazole rings is 1. The van der Waals surface area contributed by atoms with E-state index in [-0.39, 0.29) is 6.01 Å². The molecule has 0 saturated heterocycles. The van der Waals surface area contributed by atoms with Crippen molar-refractivity contribution in [3.8, 4) is 17.0 Å². The minimum absolute atomic E-state index is 0.152. The quantitative estimate of drug-likeness (QED) is 0.874. The van der Waals surface area contributed by atoms with Crippen LogP contribution < -0.4 is 10.5 Å². The number of aromatic nitrogens is 1. The second-order valence-corrected chi connectivity index (χ2v) is 3.71. The van der Waals surface area contributed by atoms with E-state index >= 15 is 0 Å². The fraction of sp³-hybridized carbons (Fsp3) is 0.182. The lowest BCUT2D eigenvalue weighted by atomic mass is 10.1. The maximum absolute atomic E-state index is 6.02. The molecule has 0 radical (unpaired) electrons. The standard InChI is InChI=1S/C11H11ClN2O2/c1-6-10(14-11(13)16-6)7-3-4-9(15-2)8(12)5-7/h3-5H,1-2H3,(H2,13,14). The van der Waals surface area contributed by atoms with Gasteiger partial charge in [-0.2, -0.15) is 4.98 Å². The predicted molar refractivity (Wildman–Crippen MR) is 62.7 cm³/mol. The molecule has 0 bridgehead atoms. The van der Waals surface area contributed by atoms with Gasteiger partial charge in [0.1, 0.15) is 17.2 Å². The Morgan fingerprint density at radius 2 is 2.19 bits per heavy atom. The molecule has 84 valence electrons. The van der Waals surface area contributed by atoms with Crippen LogP contribution in [0.4, 0.5) is 6.01 Å². The summed E-state index contributed by atoms with van der Waals surface area (Å²) < 4.78 is 10.2. The van der Waals surface area contributed by atoms with E-state index in [0.29, 0.717) is 22.2 Å². The van der Waals surface area contributed by atoms with Crippen molar-refractivity contribution < 1.29 is 9.15 Å².